The molecule has 32 heavy (non-hydrogen) atoms. The fourth-order valence-corrected chi connectivity index (χ4v) is 3.74. The van der Waals surface area contributed by atoms with Gasteiger partial charge in [-0.2, -0.15) is 5.10 Å². The van der Waals surface area contributed by atoms with Gasteiger partial charge in [0.25, 0.3) is 0 Å². The van der Waals surface area contributed by atoms with Gasteiger partial charge >= 0.3 is 6.03 Å². The van der Waals surface area contributed by atoms with Gasteiger partial charge in [-0.3, -0.25) is 0 Å². The molecule has 0 aromatic heterocycles. The van der Waals surface area contributed by atoms with E-state index in [9.17, 15) is 4.79 Å². The number of halogens is 1. The number of hydrogen-bond acceptors (Lipinski definition) is 3. The predicted octanol–water partition coefficient (Wildman–Crippen LogP) is 6.65. The third kappa shape index (κ3) is 5.53. The first kappa shape index (κ1) is 21.6. The zero-order valence-corrected chi connectivity index (χ0v) is 19.1. The molecule has 0 spiro atoms. The normalized spacial score (nSPS) is 10.9. The van der Waals surface area contributed by atoms with Crippen LogP contribution in [0.15, 0.2) is 94.5 Å². The lowest BCUT2D eigenvalue weighted by atomic mass is 10.1. The van der Waals surface area contributed by atoms with Crippen LogP contribution in [0.3, 0.4) is 0 Å². The highest BCUT2D eigenvalue weighted by atomic mass is 79.9. The van der Waals surface area contributed by atoms with E-state index in [0.29, 0.717) is 6.61 Å². The number of nitrogens with zero attached hydrogens (tertiary/aromatic N) is 1. The Morgan fingerprint density at radius 2 is 1.75 bits per heavy atom. The van der Waals surface area contributed by atoms with Crippen molar-refractivity contribution in [2.24, 2.45) is 5.10 Å². The molecule has 0 atom stereocenters. The molecule has 0 saturated heterocycles. The molecule has 0 heterocycles. The van der Waals surface area contributed by atoms with E-state index in [4.69, 9.17) is 4.74 Å². The van der Waals surface area contributed by atoms with E-state index in [1.54, 1.807) is 6.21 Å². The molecule has 0 aliphatic rings. The van der Waals surface area contributed by atoms with Gasteiger partial charge in [-0.1, -0.05) is 54.6 Å². The van der Waals surface area contributed by atoms with E-state index in [1.165, 1.54) is 10.8 Å². The second kappa shape index (κ2) is 10.1. The van der Waals surface area contributed by atoms with Crippen LogP contribution in [0.4, 0.5) is 10.5 Å². The Bertz CT molecular complexity index is 1290. The molecule has 0 radical (unpaired) electrons. The maximum absolute atomic E-state index is 12.0. The topological polar surface area (TPSA) is 62.7 Å². The van der Waals surface area contributed by atoms with Crippen molar-refractivity contribution in [1.29, 1.82) is 0 Å². The fourth-order valence-electron chi connectivity index (χ4n) is 3.23. The number of urea groups is 1. The van der Waals surface area contributed by atoms with Crippen LogP contribution in [0.1, 0.15) is 16.7 Å². The van der Waals surface area contributed by atoms with E-state index in [0.717, 1.165) is 32.6 Å². The smallest absolute Gasteiger partial charge is 0.339 e. The molecular weight excluding hydrogens is 466 g/mol. The zero-order valence-electron chi connectivity index (χ0n) is 17.5. The molecule has 0 aliphatic heterocycles. The number of amides is 2. The summed E-state index contributed by atoms with van der Waals surface area (Å²) in [5.74, 6) is 0.737. The van der Waals surface area contributed by atoms with Crippen LogP contribution < -0.4 is 15.5 Å². The number of carbonyl (C=O) groups excluding carboxylic acids is 1. The standard InChI is InChI=1S/C26H22BrN3O2/c1-18-6-2-5-9-24(18)29-26(31)30-28-16-19-11-13-25(23(27)15-19)32-17-20-10-12-21-7-3-4-8-22(21)14-20/h2-16H,17H2,1H3,(H2,29,30,31). The van der Waals surface area contributed by atoms with Crippen molar-refractivity contribution in [2.75, 3.05) is 5.32 Å². The molecule has 0 saturated carbocycles. The first-order chi connectivity index (χ1) is 15.6. The first-order valence-corrected chi connectivity index (χ1v) is 10.9. The lowest BCUT2D eigenvalue weighted by Gasteiger charge is -2.10. The van der Waals surface area contributed by atoms with Gasteiger partial charge in [0.1, 0.15) is 12.4 Å². The Morgan fingerprint density at radius 3 is 2.56 bits per heavy atom. The average Bonchev–Trinajstić information content (AvgIpc) is 2.80. The second-order valence-corrected chi connectivity index (χ2v) is 8.15. The van der Waals surface area contributed by atoms with Crippen LogP contribution in [0.2, 0.25) is 0 Å². The van der Waals surface area contributed by atoms with Gasteiger partial charge < -0.3 is 10.1 Å². The van der Waals surface area contributed by atoms with Gasteiger partial charge in [0.2, 0.25) is 0 Å². The summed E-state index contributed by atoms with van der Waals surface area (Å²) in [7, 11) is 0. The summed E-state index contributed by atoms with van der Waals surface area (Å²) in [4.78, 5) is 12.0. The molecule has 0 bridgehead atoms. The van der Waals surface area contributed by atoms with Crippen molar-refractivity contribution in [3.8, 4) is 5.75 Å². The van der Waals surface area contributed by atoms with E-state index in [-0.39, 0.29) is 0 Å². The Hall–Kier alpha value is -3.64. The SMILES string of the molecule is Cc1ccccc1NC(=O)NN=Cc1ccc(OCc2ccc3ccccc3c2)c(Br)c1. The van der Waals surface area contributed by atoms with Crippen LogP contribution in [-0.2, 0) is 6.61 Å². The van der Waals surface area contributed by atoms with E-state index in [1.807, 2.05) is 61.5 Å². The van der Waals surface area contributed by atoms with Crippen LogP contribution in [0.5, 0.6) is 5.75 Å². The number of rotatable bonds is 6. The van der Waals surface area contributed by atoms with Gasteiger partial charge in [-0.05, 0) is 80.6 Å². The fraction of sp³-hybridized carbons (Fsp3) is 0.0769. The molecule has 5 nitrogen and oxygen atoms in total. The Kier molecular flexibility index (Phi) is 6.82. The minimum Gasteiger partial charge on any atom is -0.488 e. The van der Waals surface area contributed by atoms with E-state index in [2.05, 4.69) is 62.1 Å². The van der Waals surface area contributed by atoms with Crippen molar-refractivity contribution in [3.63, 3.8) is 0 Å². The van der Waals surface area contributed by atoms with Gasteiger partial charge in [0.05, 0.1) is 10.7 Å². The summed E-state index contributed by atoms with van der Waals surface area (Å²) in [6.45, 7) is 2.40. The number of anilines is 1. The van der Waals surface area contributed by atoms with E-state index >= 15 is 0 Å². The molecule has 4 rings (SSSR count). The average molecular weight is 488 g/mol. The summed E-state index contributed by atoms with van der Waals surface area (Å²) < 4.78 is 6.79. The second-order valence-electron chi connectivity index (χ2n) is 7.30. The predicted molar refractivity (Wildman–Crippen MR) is 133 cm³/mol. The maximum Gasteiger partial charge on any atom is 0.339 e. The number of nitrogens with one attached hydrogen (secondary N) is 2. The van der Waals surface area contributed by atoms with E-state index < -0.39 is 6.03 Å². The number of para-hydroxylation sites is 1. The highest BCUT2D eigenvalue weighted by Crippen LogP contribution is 2.27. The summed E-state index contributed by atoms with van der Waals surface area (Å²) in [6.07, 6.45) is 1.58. The van der Waals surface area contributed by atoms with Crippen LogP contribution in [-0.4, -0.2) is 12.2 Å². The maximum atomic E-state index is 12.0. The van der Waals surface area contributed by atoms with Crippen LogP contribution >= 0.6 is 15.9 Å². The number of aryl methyl sites for hydroxylation is 1. The molecule has 0 unspecified atom stereocenters. The van der Waals surface area contributed by atoms with Crippen LogP contribution in [0, 0.1) is 6.92 Å². The van der Waals surface area contributed by atoms with Crippen molar-refractivity contribution in [2.45, 2.75) is 13.5 Å². The quantitative estimate of drug-likeness (QED) is 0.236. The largest absolute Gasteiger partial charge is 0.488 e. The number of hydrogen-bond donors (Lipinski definition) is 2. The number of ether oxygens (including phenoxy) is 1. The molecule has 0 aliphatic carbocycles. The van der Waals surface area contributed by atoms with Gasteiger partial charge in [0.15, 0.2) is 0 Å². The third-order valence-electron chi connectivity index (χ3n) is 4.94. The molecule has 2 N–H and O–H groups in total. The number of hydrazone groups is 1. The van der Waals surface area contributed by atoms with Crippen LogP contribution in [0.25, 0.3) is 10.8 Å². The van der Waals surface area contributed by atoms with Crippen molar-refractivity contribution in [1.82, 2.24) is 5.43 Å². The first-order valence-electron chi connectivity index (χ1n) is 10.1. The minimum absolute atomic E-state index is 0.398. The Balaban J connectivity index is 1.33. The highest BCUT2D eigenvalue weighted by molar-refractivity contribution is 9.10. The molecule has 4 aromatic carbocycles. The summed E-state index contributed by atoms with van der Waals surface area (Å²) in [5.41, 5.74) is 6.13. The van der Waals surface area contributed by atoms with Crippen molar-refractivity contribution < 1.29 is 9.53 Å². The molecular formula is C26H22BrN3O2. The Labute approximate surface area is 195 Å². The van der Waals surface area contributed by atoms with Gasteiger partial charge in [-0.15, -0.1) is 0 Å². The number of carbonyl (C=O) groups is 1. The van der Waals surface area contributed by atoms with Crippen molar-refractivity contribution >= 4 is 44.6 Å². The number of benzene rings is 4. The lowest BCUT2D eigenvalue weighted by molar-refractivity contribution is 0.252. The highest BCUT2D eigenvalue weighted by Gasteiger charge is 2.05. The third-order valence-corrected chi connectivity index (χ3v) is 5.56. The summed E-state index contributed by atoms with van der Waals surface area (Å²) >= 11 is 3.55. The van der Waals surface area contributed by atoms with Gasteiger partial charge in [0, 0.05) is 5.69 Å². The molecule has 4 aromatic rings. The minimum atomic E-state index is -0.398. The molecule has 2 amide bonds. The molecule has 160 valence electrons. The van der Waals surface area contributed by atoms with Gasteiger partial charge in [-0.25, -0.2) is 10.2 Å². The molecule has 0 fully saturated rings. The lowest BCUT2D eigenvalue weighted by Crippen LogP contribution is -2.24. The number of fused-ring (bicyclic) bond motifs is 1. The Morgan fingerprint density at radius 1 is 0.969 bits per heavy atom. The summed E-state index contributed by atoms with van der Waals surface area (Å²) in [6, 6.07) is 27.4. The zero-order chi connectivity index (χ0) is 22.3. The monoisotopic (exact) mass is 487 g/mol. The molecule has 6 heteroatoms. The van der Waals surface area contributed by atoms with Crippen molar-refractivity contribution in [3.05, 3.63) is 106 Å². The summed E-state index contributed by atoms with van der Waals surface area (Å²) in [5, 5.41) is 9.18.